The maximum Gasteiger partial charge on any atom is 0.339 e. The van der Waals surface area contributed by atoms with Gasteiger partial charge in [0, 0.05) is 6.20 Å². The van der Waals surface area contributed by atoms with Crippen molar-refractivity contribution in [1.29, 1.82) is 0 Å². The molecule has 0 saturated heterocycles. The topological polar surface area (TPSA) is 149 Å². The molecule has 30 heavy (non-hydrogen) atoms. The van der Waals surface area contributed by atoms with Gasteiger partial charge in [-0.2, -0.15) is 0 Å². The second kappa shape index (κ2) is 8.73. The molecule has 0 bridgehead atoms. The van der Waals surface area contributed by atoms with Gasteiger partial charge in [0.25, 0.3) is 5.91 Å². The summed E-state index contributed by atoms with van der Waals surface area (Å²) in [5.74, 6) is -2.41. The molecular weight excluding hydrogens is 390 g/mol. The summed E-state index contributed by atoms with van der Waals surface area (Å²) in [5, 5.41) is 29.2. The number of amidine groups is 1. The predicted molar refractivity (Wildman–Crippen MR) is 109 cm³/mol. The first-order valence-corrected chi connectivity index (χ1v) is 9.10. The van der Waals surface area contributed by atoms with Gasteiger partial charge in [-0.1, -0.05) is 26.0 Å². The summed E-state index contributed by atoms with van der Waals surface area (Å²) >= 11 is 0. The van der Waals surface area contributed by atoms with Crippen LogP contribution in [0.2, 0.25) is 0 Å². The van der Waals surface area contributed by atoms with Crippen molar-refractivity contribution in [2.45, 2.75) is 33.2 Å². The normalized spacial score (nSPS) is 17.6. The van der Waals surface area contributed by atoms with Crippen LogP contribution in [-0.4, -0.2) is 49.5 Å². The number of para-hydroxylation sites is 1. The fraction of sp³-hybridized carbons (Fsp3) is 0.286. The molecule has 1 aliphatic heterocycles. The van der Waals surface area contributed by atoms with Crippen molar-refractivity contribution >= 4 is 23.7 Å². The number of aromatic hydroxyl groups is 1. The first kappa shape index (κ1) is 22.5. The Labute approximate surface area is 173 Å². The molecule has 0 fully saturated rings. The first-order valence-electron chi connectivity index (χ1n) is 9.10. The minimum atomic E-state index is -1.11. The Hall–Kier alpha value is -3.75. The molecular formula is C21H23N3O6. The number of aryl methyl sites for hydroxylation is 1. The minimum absolute atomic E-state index is 0.00118. The average Bonchev–Trinajstić information content (AvgIpc) is 2.98. The number of pyridine rings is 1. The molecule has 1 atom stereocenters. The van der Waals surface area contributed by atoms with Crippen molar-refractivity contribution in [3.05, 3.63) is 58.9 Å². The van der Waals surface area contributed by atoms with Crippen LogP contribution < -0.4 is 5.32 Å². The molecule has 9 nitrogen and oxygen atoms in total. The number of benzene rings is 1. The molecule has 3 rings (SSSR count). The van der Waals surface area contributed by atoms with Gasteiger partial charge >= 0.3 is 11.9 Å². The number of hydrogen-bond donors (Lipinski definition) is 4. The highest BCUT2D eigenvalue weighted by molar-refractivity contribution is 6.17. The molecule has 158 valence electrons. The highest BCUT2D eigenvalue weighted by Gasteiger charge is 2.43. The Morgan fingerprint density at radius 2 is 1.70 bits per heavy atom. The zero-order valence-electron chi connectivity index (χ0n) is 17.0. The highest BCUT2D eigenvalue weighted by Crippen LogP contribution is 2.27. The number of nitrogens with zero attached hydrogens (tertiary/aromatic N) is 2. The van der Waals surface area contributed by atoms with E-state index in [0.717, 1.165) is 5.56 Å². The zero-order chi connectivity index (χ0) is 22.6. The first-order chi connectivity index (χ1) is 14.0. The highest BCUT2D eigenvalue weighted by atomic mass is 16.4. The number of carbonyl (C=O) groups is 3. The van der Waals surface area contributed by atoms with Gasteiger partial charge in [0.2, 0.25) is 0 Å². The molecule has 2 aromatic rings. The van der Waals surface area contributed by atoms with E-state index in [1.165, 1.54) is 18.2 Å². The maximum absolute atomic E-state index is 12.1. The molecule has 9 heteroatoms. The van der Waals surface area contributed by atoms with Crippen LogP contribution in [0.15, 0.2) is 41.5 Å². The lowest BCUT2D eigenvalue weighted by atomic mass is 9.89. The van der Waals surface area contributed by atoms with E-state index in [1.54, 1.807) is 32.2 Å². The third-order valence-corrected chi connectivity index (χ3v) is 4.77. The van der Waals surface area contributed by atoms with E-state index in [9.17, 15) is 19.5 Å². The second-order valence-electron chi connectivity index (χ2n) is 7.25. The Kier molecular flexibility index (Phi) is 6.56. The summed E-state index contributed by atoms with van der Waals surface area (Å²) in [6.07, 6.45) is 1.56. The molecule has 1 amide bonds. The average molecular weight is 413 g/mol. The van der Waals surface area contributed by atoms with Crippen molar-refractivity contribution in [3.8, 4) is 5.75 Å². The van der Waals surface area contributed by atoms with Crippen molar-refractivity contribution in [1.82, 2.24) is 10.3 Å². The number of aromatic nitrogens is 1. The summed E-state index contributed by atoms with van der Waals surface area (Å²) in [7, 11) is 0. The number of hydrogen-bond acceptors (Lipinski definition) is 6. The summed E-state index contributed by atoms with van der Waals surface area (Å²) in [4.78, 5) is 42.1. The molecule has 4 N–H and O–H groups in total. The predicted octanol–water partition coefficient (Wildman–Crippen LogP) is 2.47. The van der Waals surface area contributed by atoms with E-state index in [-0.39, 0.29) is 40.2 Å². The molecule has 0 radical (unpaired) electrons. The van der Waals surface area contributed by atoms with Gasteiger partial charge in [-0.25, -0.2) is 14.6 Å². The summed E-state index contributed by atoms with van der Waals surface area (Å²) in [6, 6.07) is 7.33. The largest absolute Gasteiger partial charge is 0.507 e. The monoisotopic (exact) mass is 413 g/mol. The summed E-state index contributed by atoms with van der Waals surface area (Å²) < 4.78 is 0. The van der Waals surface area contributed by atoms with E-state index in [0.29, 0.717) is 0 Å². The fourth-order valence-electron chi connectivity index (χ4n) is 2.62. The number of carbonyl (C=O) groups excluding carboxylic acids is 1. The Balaban J connectivity index is 0.000000269. The van der Waals surface area contributed by atoms with Gasteiger partial charge in [-0.15, -0.1) is 0 Å². The van der Waals surface area contributed by atoms with Gasteiger partial charge in [-0.05, 0) is 43.5 Å². The lowest BCUT2D eigenvalue weighted by Crippen LogP contribution is -2.41. The van der Waals surface area contributed by atoms with Crippen molar-refractivity contribution in [2.75, 3.05) is 0 Å². The summed E-state index contributed by atoms with van der Waals surface area (Å²) in [5.41, 5.74) is 0.0144. The molecule has 1 aliphatic rings. The van der Waals surface area contributed by atoms with E-state index in [4.69, 9.17) is 10.2 Å². The molecule has 1 aromatic heterocycles. The number of amides is 1. The molecule has 0 saturated carbocycles. The quantitative estimate of drug-likeness (QED) is 0.601. The van der Waals surface area contributed by atoms with Crippen LogP contribution >= 0.6 is 0 Å². The molecule has 1 aromatic carbocycles. The van der Waals surface area contributed by atoms with Crippen LogP contribution in [-0.2, 0) is 4.79 Å². The lowest BCUT2D eigenvalue weighted by Gasteiger charge is -2.21. The number of nitrogens with one attached hydrogen (secondary N) is 1. The zero-order valence-corrected chi connectivity index (χ0v) is 17.0. The van der Waals surface area contributed by atoms with Crippen LogP contribution in [0.3, 0.4) is 0 Å². The standard InChI is InChI=1S/C14H17N3O3.C7H6O3/c1-7(2)14(4)13(20)16-11(17-14)10-9(12(18)19)5-8(3)6-15-10;8-6-4-2-1-3-5(6)7(9)10/h5-7H,1-4H3,(H,18,19)(H,16,17,20);1-4,8H,(H,9,10). The minimum Gasteiger partial charge on any atom is -0.507 e. The number of carboxylic acid groups (broad SMARTS) is 2. The molecule has 1 unspecified atom stereocenters. The van der Waals surface area contributed by atoms with Gasteiger partial charge in [-0.3, -0.25) is 9.78 Å². The van der Waals surface area contributed by atoms with E-state index in [2.05, 4.69) is 15.3 Å². The Morgan fingerprint density at radius 3 is 2.17 bits per heavy atom. The van der Waals surface area contributed by atoms with Crippen molar-refractivity contribution in [3.63, 3.8) is 0 Å². The van der Waals surface area contributed by atoms with Crippen LogP contribution in [0.25, 0.3) is 0 Å². The maximum atomic E-state index is 12.1. The smallest absolute Gasteiger partial charge is 0.339 e. The van der Waals surface area contributed by atoms with E-state index in [1.807, 2.05) is 13.8 Å². The van der Waals surface area contributed by atoms with Crippen LogP contribution in [0, 0.1) is 12.8 Å². The van der Waals surface area contributed by atoms with Crippen molar-refractivity contribution in [2.24, 2.45) is 10.9 Å². The van der Waals surface area contributed by atoms with Gasteiger partial charge in [0.15, 0.2) is 5.84 Å². The van der Waals surface area contributed by atoms with E-state index < -0.39 is 17.5 Å². The number of aromatic carboxylic acids is 2. The van der Waals surface area contributed by atoms with Crippen molar-refractivity contribution < 1.29 is 29.7 Å². The van der Waals surface area contributed by atoms with Gasteiger partial charge in [0.05, 0.1) is 5.56 Å². The Morgan fingerprint density at radius 1 is 1.10 bits per heavy atom. The van der Waals surface area contributed by atoms with Crippen LogP contribution in [0.1, 0.15) is 52.7 Å². The van der Waals surface area contributed by atoms with Crippen LogP contribution in [0.5, 0.6) is 5.75 Å². The number of rotatable bonds is 4. The van der Waals surface area contributed by atoms with Gasteiger partial charge in [0.1, 0.15) is 22.5 Å². The number of aliphatic imine (C=N–C) groups is 1. The Bertz CT molecular complexity index is 1030. The SMILES string of the molecule is Cc1cnc(C2=NC(C)(C(C)C)C(=O)N2)c(C(=O)O)c1.O=C(O)c1ccccc1O. The molecule has 2 heterocycles. The number of carboxylic acids is 2. The molecule has 0 spiro atoms. The third kappa shape index (κ3) is 4.62. The summed E-state index contributed by atoms with van der Waals surface area (Å²) in [6.45, 7) is 7.28. The van der Waals surface area contributed by atoms with Crippen LogP contribution in [0.4, 0.5) is 0 Å². The van der Waals surface area contributed by atoms with E-state index >= 15 is 0 Å². The van der Waals surface area contributed by atoms with Gasteiger partial charge < -0.3 is 20.6 Å². The lowest BCUT2D eigenvalue weighted by molar-refractivity contribution is -0.124. The second-order valence-corrected chi connectivity index (χ2v) is 7.25. The number of phenols is 1. The molecule has 0 aliphatic carbocycles. The third-order valence-electron chi connectivity index (χ3n) is 4.77. The fourth-order valence-corrected chi connectivity index (χ4v) is 2.62.